The van der Waals surface area contributed by atoms with Gasteiger partial charge >= 0.3 is 5.97 Å². The van der Waals surface area contributed by atoms with Gasteiger partial charge < -0.3 is 15.6 Å². The number of likely N-dealkylation sites (tertiary alicyclic amines) is 1. The molecule has 0 aromatic carbocycles. The molecule has 1 spiro atoms. The number of carboxylic acids is 1. The number of hydrogen-bond acceptors (Lipinski definition) is 4. The van der Waals surface area contributed by atoms with Gasteiger partial charge in [-0.1, -0.05) is 12.8 Å². The van der Waals surface area contributed by atoms with Crippen LogP contribution in [0.3, 0.4) is 0 Å². The van der Waals surface area contributed by atoms with Gasteiger partial charge in [0.15, 0.2) is 0 Å². The molecule has 3 rings (SSSR count). The van der Waals surface area contributed by atoms with Crippen molar-refractivity contribution in [2.75, 3.05) is 19.6 Å². The molecule has 2 unspecified atom stereocenters. The number of nitrogens with zero attached hydrogens (tertiary/aromatic N) is 1. The van der Waals surface area contributed by atoms with Crippen molar-refractivity contribution in [2.45, 2.75) is 62.2 Å². The summed E-state index contributed by atoms with van der Waals surface area (Å²) in [4.78, 5) is 13.3. The van der Waals surface area contributed by atoms with Crippen molar-refractivity contribution in [3.05, 3.63) is 0 Å². The zero-order valence-electron chi connectivity index (χ0n) is 11.4. The van der Waals surface area contributed by atoms with E-state index in [1.807, 2.05) is 0 Å². The molecule has 3 fully saturated rings. The zero-order chi connectivity index (χ0) is 13.5. The number of aliphatic carboxylic acids is 1. The van der Waals surface area contributed by atoms with E-state index in [0.29, 0.717) is 13.0 Å². The van der Waals surface area contributed by atoms with Gasteiger partial charge in [-0.05, 0) is 32.1 Å². The first-order valence-electron chi connectivity index (χ1n) is 7.44. The van der Waals surface area contributed by atoms with Gasteiger partial charge in [0, 0.05) is 19.6 Å². The Balaban J connectivity index is 1.52. The monoisotopic (exact) mass is 268 g/mol. The second-order valence-corrected chi connectivity index (χ2v) is 6.62. The molecule has 2 saturated heterocycles. The first-order valence-corrected chi connectivity index (χ1v) is 7.44. The van der Waals surface area contributed by atoms with Crippen LogP contribution in [0.4, 0.5) is 0 Å². The van der Waals surface area contributed by atoms with Gasteiger partial charge in [-0.2, -0.15) is 0 Å². The Hall–Kier alpha value is -0.650. The number of ether oxygens (including phenoxy) is 1. The van der Waals surface area contributed by atoms with Crippen molar-refractivity contribution in [3.8, 4) is 0 Å². The summed E-state index contributed by atoms with van der Waals surface area (Å²) in [5.74, 6) is -0.880. The molecule has 1 aliphatic carbocycles. The molecule has 2 heterocycles. The molecular formula is C14H24N2O3. The summed E-state index contributed by atoms with van der Waals surface area (Å²) >= 11 is 0. The highest BCUT2D eigenvalue weighted by Gasteiger charge is 2.45. The molecule has 0 radical (unpaired) electrons. The molecule has 0 aromatic heterocycles. The molecule has 2 aliphatic heterocycles. The zero-order valence-corrected chi connectivity index (χ0v) is 11.4. The molecule has 5 nitrogen and oxygen atoms in total. The second kappa shape index (κ2) is 4.72. The summed E-state index contributed by atoms with van der Waals surface area (Å²) in [7, 11) is 0. The van der Waals surface area contributed by atoms with Crippen LogP contribution in [0.5, 0.6) is 0 Å². The maximum absolute atomic E-state index is 11.1. The van der Waals surface area contributed by atoms with Crippen molar-refractivity contribution in [1.29, 1.82) is 0 Å². The van der Waals surface area contributed by atoms with Gasteiger partial charge in [-0.25, -0.2) is 0 Å². The van der Waals surface area contributed by atoms with E-state index in [-0.39, 0.29) is 11.7 Å². The van der Waals surface area contributed by atoms with Crippen LogP contribution in [0.2, 0.25) is 0 Å². The second-order valence-electron chi connectivity index (χ2n) is 6.62. The lowest BCUT2D eigenvalue weighted by atomic mass is 9.98. The summed E-state index contributed by atoms with van der Waals surface area (Å²) in [6, 6.07) is 0. The largest absolute Gasteiger partial charge is 0.480 e. The highest BCUT2D eigenvalue weighted by Crippen LogP contribution is 2.43. The number of rotatable bonds is 3. The van der Waals surface area contributed by atoms with Crippen LogP contribution in [0.15, 0.2) is 0 Å². The maximum Gasteiger partial charge on any atom is 0.325 e. The summed E-state index contributed by atoms with van der Waals surface area (Å²) in [5, 5.41) is 9.14. The highest BCUT2D eigenvalue weighted by atomic mass is 16.5. The van der Waals surface area contributed by atoms with E-state index in [1.165, 1.54) is 32.1 Å². The molecule has 108 valence electrons. The fourth-order valence-electron chi connectivity index (χ4n) is 3.94. The van der Waals surface area contributed by atoms with Crippen LogP contribution in [-0.2, 0) is 9.53 Å². The number of nitrogens with two attached hydrogens (primary N) is 1. The van der Waals surface area contributed by atoms with Crippen molar-refractivity contribution >= 4 is 5.97 Å². The van der Waals surface area contributed by atoms with Crippen LogP contribution in [-0.4, -0.2) is 52.9 Å². The predicted octanol–water partition coefficient (Wildman–Crippen LogP) is 0.966. The van der Waals surface area contributed by atoms with Crippen molar-refractivity contribution in [3.63, 3.8) is 0 Å². The number of carbonyl (C=O) groups is 1. The number of carboxylic acid groups (broad SMARTS) is 1. The minimum atomic E-state index is -1.05. The molecule has 3 aliphatic rings. The third kappa shape index (κ3) is 2.51. The summed E-state index contributed by atoms with van der Waals surface area (Å²) in [5.41, 5.74) is 5.01. The van der Waals surface area contributed by atoms with Crippen molar-refractivity contribution < 1.29 is 14.6 Å². The Bertz CT molecular complexity index is 368. The van der Waals surface area contributed by atoms with Crippen LogP contribution in [0.1, 0.15) is 44.9 Å². The average molecular weight is 268 g/mol. The number of hydrogen-bond donors (Lipinski definition) is 2. The highest BCUT2D eigenvalue weighted by molar-refractivity contribution is 5.79. The Morgan fingerprint density at radius 3 is 2.68 bits per heavy atom. The minimum absolute atomic E-state index is 0.164. The Labute approximate surface area is 114 Å². The van der Waals surface area contributed by atoms with E-state index in [1.54, 1.807) is 0 Å². The third-order valence-electron chi connectivity index (χ3n) is 5.12. The van der Waals surface area contributed by atoms with Crippen molar-refractivity contribution in [1.82, 2.24) is 4.90 Å². The van der Waals surface area contributed by atoms with Crippen molar-refractivity contribution in [2.24, 2.45) is 5.73 Å². The molecule has 19 heavy (non-hydrogen) atoms. The van der Waals surface area contributed by atoms with Crippen LogP contribution in [0.25, 0.3) is 0 Å². The van der Waals surface area contributed by atoms with E-state index in [2.05, 4.69) is 4.90 Å². The van der Waals surface area contributed by atoms with Gasteiger partial charge in [0.2, 0.25) is 0 Å². The van der Waals surface area contributed by atoms with Gasteiger partial charge in [0.05, 0.1) is 11.7 Å². The molecule has 2 atom stereocenters. The van der Waals surface area contributed by atoms with Gasteiger partial charge in [-0.3, -0.25) is 9.69 Å². The lowest BCUT2D eigenvalue weighted by Gasteiger charge is -2.26. The topological polar surface area (TPSA) is 75.8 Å². The fraction of sp³-hybridized carbons (Fsp3) is 0.929. The summed E-state index contributed by atoms with van der Waals surface area (Å²) in [6.07, 6.45) is 8.11. The molecule has 1 saturated carbocycles. The molecule has 5 heteroatoms. The fourth-order valence-corrected chi connectivity index (χ4v) is 3.94. The summed E-state index contributed by atoms with van der Waals surface area (Å²) in [6.45, 7) is 2.07. The molecule has 3 N–H and O–H groups in total. The molecular weight excluding hydrogens is 244 g/mol. The van der Waals surface area contributed by atoms with Crippen LogP contribution < -0.4 is 5.73 Å². The smallest absolute Gasteiger partial charge is 0.325 e. The summed E-state index contributed by atoms with van der Waals surface area (Å²) < 4.78 is 6.27. The Kier molecular flexibility index (Phi) is 3.31. The van der Waals surface area contributed by atoms with Gasteiger partial charge in [-0.15, -0.1) is 0 Å². The maximum atomic E-state index is 11.1. The average Bonchev–Trinajstić information content (AvgIpc) is 3.05. The van der Waals surface area contributed by atoms with Gasteiger partial charge in [0.25, 0.3) is 0 Å². The minimum Gasteiger partial charge on any atom is -0.480 e. The predicted molar refractivity (Wildman–Crippen MR) is 70.9 cm³/mol. The Morgan fingerprint density at radius 1 is 1.32 bits per heavy atom. The normalized spacial score (nSPS) is 38.3. The van der Waals surface area contributed by atoms with E-state index in [4.69, 9.17) is 15.6 Å². The molecule has 0 amide bonds. The lowest BCUT2D eigenvalue weighted by molar-refractivity contribution is -0.142. The standard InChI is InChI=1S/C14H24N2O3/c15-14(12(17)18)7-8-16(10-14)9-11-3-6-13(19-11)4-1-2-5-13/h11H,1-10,15H2,(H,17,18). The van der Waals surface area contributed by atoms with E-state index in [0.717, 1.165) is 19.5 Å². The van der Waals surface area contributed by atoms with E-state index in [9.17, 15) is 4.79 Å². The SMILES string of the molecule is NC1(C(=O)O)CCN(CC2CCC3(CCCC3)O2)C1. The first kappa shape index (κ1) is 13.3. The Morgan fingerprint density at radius 2 is 2.05 bits per heavy atom. The molecule has 0 aromatic rings. The van der Waals surface area contributed by atoms with E-state index < -0.39 is 11.5 Å². The first-order chi connectivity index (χ1) is 9.01. The van der Waals surface area contributed by atoms with Crippen LogP contribution >= 0.6 is 0 Å². The quantitative estimate of drug-likeness (QED) is 0.797. The lowest BCUT2D eigenvalue weighted by Crippen LogP contribution is -2.50. The third-order valence-corrected chi connectivity index (χ3v) is 5.12. The van der Waals surface area contributed by atoms with Crippen LogP contribution in [0, 0.1) is 0 Å². The molecule has 0 bridgehead atoms. The van der Waals surface area contributed by atoms with Gasteiger partial charge in [0.1, 0.15) is 5.54 Å². The van der Waals surface area contributed by atoms with E-state index >= 15 is 0 Å².